The van der Waals surface area contributed by atoms with Crippen LogP contribution in [-0.2, 0) is 11.2 Å². The molecule has 0 aliphatic rings. The van der Waals surface area contributed by atoms with Gasteiger partial charge < -0.3 is 10.1 Å². The van der Waals surface area contributed by atoms with Gasteiger partial charge in [0.05, 0.1) is 16.8 Å². The first kappa shape index (κ1) is 18.4. The van der Waals surface area contributed by atoms with Gasteiger partial charge in [0, 0.05) is 6.42 Å². The Labute approximate surface area is 158 Å². The predicted molar refractivity (Wildman–Crippen MR) is 108 cm³/mol. The fourth-order valence-electron chi connectivity index (χ4n) is 2.86. The number of nitrogens with zero attached hydrogens (tertiary/aromatic N) is 1. The van der Waals surface area contributed by atoms with Crippen molar-refractivity contribution in [2.24, 2.45) is 0 Å². The number of benzene rings is 2. The third-order valence-electron chi connectivity index (χ3n) is 4.31. The second kappa shape index (κ2) is 8.32. The Bertz CT molecular complexity index is 897. The number of carbonyl (C=O) groups is 1. The summed E-state index contributed by atoms with van der Waals surface area (Å²) >= 11 is 1.52. The van der Waals surface area contributed by atoms with Crippen LogP contribution in [-0.4, -0.2) is 17.5 Å². The number of rotatable bonds is 7. The summed E-state index contributed by atoms with van der Waals surface area (Å²) in [6.45, 7) is 6.72. The topological polar surface area (TPSA) is 51.2 Å². The monoisotopic (exact) mass is 368 g/mol. The van der Waals surface area contributed by atoms with Crippen molar-refractivity contribution in [2.75, 3.05) is 11.9 Å². The zero-order chi connectivity index (χ0) is 18.5. The fraction of sp³-hybridized carbons (Fsp3) is 0.333. The number of aryl methyl sites for hydroxylation is 3. The molecule has 0 aliphatic carbocycles. The van der Waals surface area contributed by atoms with E-state index in [0.717, 1.165) is 33.5 Å². The van der Waals surface area contributed by atoms with Gasteiger partial charge in [0.15, 0.2) is 5.13 Å². The zero-order valence-electron chi connectivity index (χ0n) is 15.5. The molecule has 0 saturated heterocycles. The van der Waals surface area contributed by atoms with Gasteiger partial charge in [-0.1, -0.05) is 42.5 Å². The molecule has 0 radical (unpaired) electrons. The molecule has 1 N–H and O–H groups in total. The largest absolute Gasteiger partial charge is 0.493 e. The van der Waals surface area contributed by atoms with Gasteiger partial charge in [-0.05, 0) is 55.5 Å². The molecular weight excluding hydrogens is 344 g/mol. The molecule has 3 rings (SSSR count). The van der Waals surface area contributed by atoms with Crippen molar-refractivity contribution in [1.29, 1.82) is 0 Å². The van der Waals surface area contributed by atoms with Crippen molar-refractivity contribution in [3.8, 4) is 5.75 Å². The van der Waals surface area contributed by atoms with Crippen LogP contribution in [0.15, 0.2) is 36.4 Å². The van der Waals surface area contributed by atoms with E-state index in [1.807, 2.05) is 38.1 Å². The Balaban J connectivity index is 1.50. The van der Waals surface area contributed by atoms with Crippen LogP contribution >= 0.6 is 11.3 Å². The number of hydrogen-bond donors (Lipinski definition) is 1. The van der Waals surface area contributed by atoms with E-state index in [-0.39, 0.29) is 5.91 Å². The molecular formula is C21H24N2O2S. The molecule has 1 heterocycles. The molecule has 0 aliphatic heterocycles. The molecule has 0 bridgehead atoms. The second-order valence-electron chi connectivity index (χ2n) is 6.40. The van der Waals surface area contributed by atoms with Crippen LogP contribution in [0.3, 0.4) is 0 Å². The quantitative estimate of drug-likeness (QED) is 0.578. The van der Waals surface area contributed by atoms with Crippen molar-refractivity contribution in [1.82, 2.24) is 4.98 Å². The zero-order valence-corrected chi connectivity index (χ0v) is 16.3. The number of nitrogens with one attached hydrogen (secondary N) is 1. The first-order chi connectivity index (χ1) is 12.6. The summed E-state index contributed by atoms with van der Waals surface area (Å²) < 4.78 is 6.96. The van der Waals surface area contributed by atoms with Gasteiger partial charge in [-0.15, -0.1) is 0 Å². The lowest BCUT2D eigenvalue weighted by molar-refractivity contribution is -0.116. The highest BCUT2D eigenvalue weighted by atomic mass is 32.1. The van der Waals surface area contributed by atoms with Gasteiger partial charge in [0.2, 0.25) is 5.91 Å². The summed E-state index contributed by atoms with van der Waals surface area (Å²) in [6, 6.07) is 12.3. The Morgan fingerprint density at radius 2 is 1.96 bits per heavy atom. The van der Waals surface area contributed by atoms with Crippen LogP contribution in [0.1, 0.15) is 36.5 Å². The van der Waals surface area contributed by atoms with Gasteiger partial charge in [-0.2, -0.15) is 0 Å². The smallest absolute Gasteiger partial charge is 0.226 e. The van der Waals surface area contributed by atoms with Gasteiger partial charge in [0.1, 0.15) is 5.75 Å². The number of hydrogen-bond acceptors (Lipinski definition) is 4. The van der Waals surface area contributed by atoms with E-state index in [4.69, 9.17) is 4.74 Å². The summed E-state index contributed by atoms with van der Waals surface area (Å²) in [5, 5.41) is 3.56. The minimum Gasteiger partial charge on any atom is -0.493 e. The van der Waals surface area contributed by atoms with Crippen LogP contribution in [0.2, 0.25) is 0 Å². The molecule has 0 unspecified atom stereocenters. The first-order valence-corrected chi connectivity index (χ1v) is 9.77. The lowest BCUT2D eigenvalue weighted by Crippen LogP contribution is -2.12. The molecule has 1 aromatic heterocycles. The summed E-state index contributed by atoms with van der Waals surface area (Å²) in [6.07, 6.45) is 2.08. The van der Waals surface area contributed by atoms with Crippen molar-refractivity contribution < 1.29 is 9.53 Å². The van der Waals surface area contributed by atoms with Crippen molar-refractivity contribution in [3.63, 3.8) is 0 Å². The van der Waals surface area contributed by atoms with Crippen LogP contribution in [0, 0.1) is 13.8 Å². The predicted octanol–water partition coefficient (Wildman–Crippen LogP) is 5.27. The van der Waals surface area contributed by atoms with E-state index in [1.165, 1.54) is 16.9 Å². The molecule has 1 amide bonds. The number of fused-ring (bicyclic) bond motifs is 1. The minimum absolute atomic E-state index is 0.0233. The third kappa shape index (κ3) is 4.41. The lowest BCUT2D eigenvalue weighted by Gasteiger charge is -2.11. The average molecular weight is 369 g/mol. The number of amides is 1. The Kier molecular flexibility index (Phi) is 5.89. The normalized spacial score (nSPS) is 10.9. The van der Waals surface area contributed by atoms with Gasteiger partial charge in [-0.3, -0.25) is 4.79 Å². The molecule has 5 heteroatoms. The van der Waals surface area contributed by atoms with Crippen molar-refractivity contribution in [2.45, 2.75) is 40.0 Å². The summed E-state index contributed by atoms with van der Waals surface area (Å²) in [7, 11) is 0. The number of carbonyl (C=O) groups excluding carboxylic acids is 1. The second-order valence-corrected chi connectivity index (χ2v) is 7.43. The highest BCUT2D eigenvalue weighted by Crippen LogP contribution is 2.27. The van der Waals surface area contributed by atoms with Crippen LogP contribution < -0.4 is 10.1 Å². The summed E-state index contributed by atoms with van der Waals surface area (Å²) in [4.78, 5) is 16.6. The van der Waals surface area contributed by atoms with Crippen LogP contribution in [0.25, 0.3) is 10.2 Å². The standard InChI is InChI=1S/C21H24N2O2S/c1-4-16-10-11-17-18(13-16)26-21(22-17)23-19(24)9-6-12-25-20-14(2)7-5-8-15(20)3/h5,7-8,10-11,13H,4,6,9,12H2,1-3H3,(H,22,23,24). The number of para-hydroxylation sites is 1. The third-order valence-corrected chi connectivity index (χ3v) is 5.24. The molecule has 0 atom stereocenters. The molecule has 4 nitrogen and oxygen atoms in total. The molecule has 26 heavy (non-hydrogen) atoms. The highest BCUT2D eigenvalue weighted by molar-refractivity contribution is 7.22. The highest BCUT2D eigenvalue weighted by Gasteiger charge is 2.09. The van der Waals surface area contributed by atoms with E-state index in [2.05, 4.69) is 29.4 Å². The summed E-state index contributed by atoms with van der Waals surface area (Å²) in [5.74, 6) is 0.899. The van der Waals surface area contributed by atoms with Crippen LogP contribution in [0.4, 0.5) is 5.13 Å². The van der Waals surface area contributed by atoms with E-state index in [1.54, 1.807) is 0 Å². The Hall–Kier alpha value is -2.40. The van der Waals surface area contributed by atoms with E-state index < -0.39 is 0 Å². The van der Waals surface area contributed by atoms with Crippen molar-refractivity contribution in [3.05, 3.63) is 53.1 Å². The number of anilines is 1. The molecule has 0 spiro atoms. The van der Waals surface area contributed by atoms with E-state index in [0.29, 0.717) is 24.6 Å². The fourth-order valence-corrected chi connectivity index (χ4v) is 3.80. The lowest BCUT2D eigenvalue weighted by atomic mass is 10.1. The summed E-state index contributed by atoms with van der Waals surface area (Å²) in [5.41, 5.74) is 4.45. The van der Waals surface area contributed by atoms with Gasteiger partial charge in [-0.25, -0.2) is 4.98 Å². The maximum Gasteiger partial charge on any atom is 0.226 e. The first-order valence-electron chi connectivity index (χ1n) is 8.95. The number of thiazole rings is 1. The average Bonchev–Trinajstić information content (AvgIpc) is 3.01. The Morgan fingerprint density at radius 1 is 1.19 bits per heavy atom. The molecule has 2 aromatic carbocycles. The number of aromatic nitrogens is 1. The SMILES string of the molecule is CCc1ccc2nc(NC(=O)CCCOc3c(C)cccc3C)sc2c1. The molecule has 0 saturated carbocycles. The van der Waals surface area contributed by atoms with Crippen LogP contribution in [0.5, 0.6) is 5.75 Å². The number of ether oxygens (including phenoxy) is 1. The maximum absolute atomic E-state index is 12.2. The molecule has 3 aromatic rings. The van der Waals surface area contributed by atoms with Gasteiger partial charge in [0.25, 0.3) is 0 Å². The van der Waals surface area contributed by atoms with Crippen molar-refractivity contribution >= 4 is 32.6 Å². The Morgan fingerprint density at radius 3 is 2.69 bits per heavy atom. The van der Waals surface area contributed by atoms with E-state index >= 15 is 0 Å². The molecule has 0 fully saturated rings. The maximum atomic E-state index is 12.2. The van der Waals surface area contributed by atoms with E-state index in [9.17, 15) is 4.79 Å². The molecule has 136 valence electrons. The minimum atomic E-state index is -0.0233. The van der Waals surface area contributed by atoms with Gasteiger partial charge >= 0.3 is 0 Å².